The molecular formula is C30H31N3O4. The lowest BCUT2D eigenvalue weighted by molar-refractivity contribution is 0.0717. The molecule has 37 heavy (non-hydrogen) atoms. The van der Waals surface area contributed by atoms with Gasteiger partial charge < -0.3 is 24.3 Å². The summed E-state index contributed by atoms with van der Waals surface area (Å²) in [7, 11) is 0. The molecule has 1 N–H and O–H groups in total. The summed E-state index contributed by atoms with van der Waals surface area (Å²) >= 11 is 0. The molecular weight excluding hydrogens is 466 g/mol. The topological polar surface area (TPSA) is 75.0 Å². The standard InChI is InChI=1S/C30H31N3O4/c1-2-3-19-36-26-9-6-8-23(20-26)29(34)31-24-11-13-25(14-12-24)32-15-17-33(18-16-32)30(35)28-21-22-7-4-5-10-27(22)37-28/h4-14,20-21H,2-3,15-19H2,1H3,(H,31,34). The number of hydrogen-bond acceptors (Lipinski definition) is 5. The molecule has 1 aliphatic rings. The zero-order chi connectivity index (χ0) is 25.6. The van der Waals surface area contributed by atoms with E-state index in [2.05, 4.69) is 17.1 Å². The maximum atomic E-state index is 12.9. The molecule has 0 saturated carbocycles. The Labute approximate surface area is 216 Å². The number of amides is 2. The number of carbonyl (C=O) groups is 2. The van der Waals surface area contributed by atoms with E-state index in [9.17, 15) is 9.59 Å². The highest BCUT2D eigenvalue weighted by Gasteiger charge is 2.24. The minimum absolute atomic E-state index is 0.0752. The number of hydrogen-bond donors (Lipinski definition) is 1. The number of para-hydroxylation sites is 1. The van der Waals surface area contributed by atoms with Crippen LogP contribution in [-0.4, -0.2) is 49.5 Å². The van der Waals surface area contributed by atoms with Crippen molar-refractivity contribution in [2.45, 2.75) is 19.8 Å². The molecule has 3 aromatic carbocycles. The summed E-state index contributed by atoms with van der Waals surface area (Å²) in [5.74, 6) is 0.836. The fraction of sp³-hybridized carbons (Fsp3) is 0.267. The van der Waals surface area contributed by atoms with Gasteiger partial charge in [-0.2, -0.15) is 0 Å². The number of nitrogens with zero attached hydrogens (tertiary/aromatic N) is 2. The minimum atomic E-state index is -0.175. The summed E-state index contributed by atoms with van der Waals surface area (Å²) < 4.78 is 11.5. The number of unbranched alkanes of at least 4 members (excludes halogenated alkanes) is 1. The van der Waals surface area contributed by atoms with Crippen molar-refractivity contribution in [3.8, 4) is 5.75 Å². The molecule has 0 bridgehead atoms. The largest absolute Gasteiger partial charge is 0.494 e. The van der Waals surface area contributed by atoms with Gasteiger partial charge in [-0.05, 0) is 61.0 Å². The first-order chi connectivity index (χ1) is 18.1. The van der Waals surface area contributed by atoms with Crippen molar-refractivity contribution in [2.75, 3.05) is 43.0 Å². The average molecular weight is 498 g/mol. The normalized spacial score (nSPS) is 13.5. The van der Waals surface area contributed by atoms with Gasteiger partial charge in [-0.25, -0.2) is 0 Å². The molecule has 4 aromatic rings. The molecule has 1 aliphatic heterocycles. The Bertz CT molecular complexity index is 1340. The summed E-state index contributed by atoms with van der Waals surface area (Å²) in [6, 6.07) is 24.5. The highest BCUT2D eigenvalue weighted by atomic mass is 16.5. The summed E-state index contributed by atoms with van der Waals surface area (Å²) in [6.45, 7) is 5.44. The van der Waals surface area contributed by atoms with E-state index in [0.717, 1.165) is 48.3 Å². The van der Waals surface area contributed by atoms with Gasteiger partial charge in [0.15, 0.2) is 5.76 Å². The van der Waals surface area contributed by atoms with Crippen molar-refractivity contribution in [2.24, 2.45) is 0 Å². The molecule has 190 valence electrons. The first kappa shape index (κ1) is 24.4. The Balaban J connectivity index is 1.15. The monoisotopic (exact) mass is 497 g/mol. The van der Waals surface area contributed by atoms with Gasteiger partial charge in [-0.1, -0.05) is 37.6 Å². The van der Waals surface area contributed by atoms with Crippen LogP contribution >= 0.6 is 0 Å². The third kappa shape index (κ3) is 5.77. The van der Waals surface area contributed by atoms with Gasteiger partial charge in [0.05, 0.1) is 6.61 Å². The van der Waals surface area contributed by atoms with E-state index in [-0.39, 0.29) is 11.8 Å². The van der Waals surface area contributed by atoms with Gasteiger partial charge in [-0.15, -0.1) is 0 Å². The number of piperazine rings is 1. The molecule has 0 unspecified atom stereocenters. The zero-order valence-corrected chi connectivity index (χ0v) is 21.0. The van der Waals surface area contributed by atoms with Gasteiger partial charge in [0, 0.05) is 48.5 Å². The molecule has 5 rings (SSSR count). The van der Waals surface area contributed by atoms with Crippen LogP contribution < -0.4 is 15.0 Å². The summed E-state index contributed by atoms with van der Waals surface area (Å²) in [4.78, 5) is 29.7. The lowest BCUT2D eigenvalue weighted by atomic mass is 10.2. The molecule has 2 heterocycles. The number of ether oxygens (including phenoxy) is 1. The highest BCUT2D eigenvalue weighted by molar-refractivity contribution is 6.04. The van der Waals surface area contributed by atoms with Crippen molar-refractivity contribution in [1.29, 1.82) is 0 Å². The number of furan rings is 1. The fourth-order valence-corrected chi connectivity index (χ4v) is 4.43. The lowest BCUT2D eigenvalue weighted by Crippen LogP contribution is -2.48. The van der Waals surface area contributed by atoms with Crippen molar-refractivity contribution >= 4 is 34.2 Å². The molecule has 1 fully saturated rings. The Kier molecular flexibility index (Phi) is 7.40. The first-order valence-electron chi connectivity index (χ1n) is 12.8. The highest BCUT2D eigenvalue weighted by Crippen LogP contribution is 2.23. The maximum Gasteiger partial charge on any atom is 0.289 e. The fourth-order valence-electron chi connectivity index (χ4n) is 4.43. The lowest BCUT2D eigenvalue weighted by Gasteiger charge is -2.35. The van der Waals surface area contributed by atoms with Crippen LogP contribution in [-0.2, 0) is 0 Å². The number of anilines is 2. The molecule has 0 radical (unpaired) electrons. The van der Waals surface area contributed by atoms with E-state index >= 15 is 0 Å². The van der Waals surface area contributed by atoms with Gasteiger partial charge in [0.1, 0.15) is 11.3 Å². The van der Waals surface area contributed by atoms with Crippen molar-refractivity contribution in [3.63, 3.8) is 0 Å². The van der Waals surface area contributed by atoms with Gasteiger partial charge in [0.2, 0.25) is 0 Å². The minimum Gasteiger partial charge on any atom is -0.494 e. The van der Waals surface area contributed by atoms with E-state index in [1.165, 1.54) is 0 Å². The predicted octanol–water partition coefficient (Wildman–Crippen LogP) is 5.83. The second-order valence-corrected chi connectivity index (χ2v) is 9.16. The van der Waals surface area contributed by atoms with Gasteiger partial charge >= 0.3 is 0 Å². The van der Waals surface area contributed by atoms with Gasteiger partial charge in [0.25, 0.3) is 11.8 Å². The molecule has 1 aromatic heterocycles. The number of rotatable bonds is 8. The van der Waals surface area contributed by atoms with Crippen molar-refractivity contribution in [3.05, 3.63) is 90.2 Å². The van der Waals surface area contributed by atoms with Crippen LogP contribution in [0.2, 0.25) is 0 Å². The molecule has 0 aliphatic carbocycles. The maximum absolute atomic E-state index is 12.9. The number of benzene rings is 3. The van der Waals surface area contributed by atoms with E-state index in [4.69, 9.17) is 9.15 Å². The Morgan fingerprint density at radius 1 is 0.919 bits per heavy atom. The van der Waals surface area contributed by atoms with Crippen LogP contribution in [0.4, 0.5) is 11.4 Å². The third-order valence-corrected chi connectivity index (χ3v) is 6.56. The predicted molar refractivity (Wildman–Crippen MR) is 146 cm³/mol. The van der Waals surface area contributed by atoms with Crippen LogP contribution in [0.1, 0.15) is 40.7 Å². The Morgan fingerprint density at radius 3 is 2.46 bits per heavy atom. The van der Waals surface area contributed by atoms with Crippen LogP contribution in [0.25, 0.3) is 11.0 Å². The third-order valence-electron chi connectivity index (χ3n) is 6.56. The van der Waals surface area contributed by atoms with Crippen LogP contribution in [0.15, 0.2) is 83.3 Å². The summed E-state index contributed by atoms with van der Waals surface area (Å²) in [5, 5.41) is 3.89. The van der Waals surface area contributed by atoms with E-state index in [1.807, 2.05) is 71.6 Å². The summed E-state index contributed by atoms with van der Waals surface area (Å²) in [5.41, 5.74) is 3.07. The van der Waals surface area contributed by atoms with E-state index < -0.39 is 0 Å². The number of fused-ring (bicyclic) bond motifs is 1. The molecule has 1 saturated heterocycles. The van der Waals surface area contributed by atoms with E-state index in [0.29, 0.717) is 36.8 Å². The SMILES string of the molecule is CCCCOc1cccc(C(=O)Nc2ccc(N3CCN(C(=O)c4cc5ccccc5o4)CC3)cc2)c1. The summed E-state index contributed by atoms with van der Waals surface area (Å²) in [6.07, 6.45) is 2.04. The number of nitrogens with one attached hydrogen (secondary N) is 1. The molecule has 7 heteroatoms. The average Bonchev–Trinajstić information content (AvgIpc) is 3.38. The molecule has 0 spiro atoms. The quantitative estimate of drug-likeness (QED) is 0.310. The Morgan fingerprint density at radius 2 is 1.70 bits per heavy atom. The molecule has 7 nitrogen and oxygen atoms in total. The van der Waals surface area contributed by atoms with Crippen LogP contribution in [0.5, 0.6) is 5.75 Å². The molecule has 0 atom stereocenters. The molecule has 2 amide bonds. The smallest absolute Gasteiger partial charge is 0.289 e. The van der Waals surface area contributed by atoms with Crippen molar-refractivity contribution in [1.82, 2.24) is 4.90 Å². The van der Waals surface area contributed by atoms with Crippen LogP contribution in [0, 0.1) is 0 Å². The second-order valence-electron chi connectivity index (χ2n) is 9.16. The second kappa shape index (κ2) is 11.2. The van der Waals surface area contributed by atoms with E-state index in [1.54, 1.807) is 12.1 Å². The zero-order valence-electron chi connectivity index (χ0n) is 21.0. The number of carbonyl (C=O) groups excluding carboxylic acids is 2. The Hall–Kier alpha value is -4.26. The first-order valence-corrected chi connectivity index (χ1v) is 12.8. The van der Waals surface area contributed by atoms with Crippen LogP contribution in [0.3, 0.4) is 0 Å². The van der Waals surface area contributed by atoms with Gasteiger partial charge in [-0.3, -0.25) is 9.59 Å². The van der Waals surface area contributed by atoms with Crippen molar-refractivity contribution < 1.29 is 18.7 Å².